The van der Waals surface area contributed by atoms with Gasteiger partial charge in [0, 0.05) is 24.1 Å². The highest BCUT2D eigenvalue weighted by molar-refractivity contribution is 5.41. The molecule has 2 heterocycles. The predicted octanol–water partition coefficient (Wildman–Crippen LogP) is 4.04. The molecule has 3 aromatic rings. The van der Waals surface area contributed by atoms with E-state index in [9.17, 15) is 0 Å². The fourth-order valence-corrected chi connectivity index (χ4v) is 3.64. The number of ether oxygens (including phenoxy) is 2. The number of hydrogen-bond acceptors (Lipinski definition) is 6. The number of likely N-dealkylation sites (tertiary alicyclic amines) is 1. The van der Waals surface area contributed by atoms with Gasteiger partial charge in [-0.25, -0.2) is 0 Å². The van der Waals surface area contributed by atoms with Gasteiger partial charge in [0.2, 0.25) is 6.39 Å². The number of rotatable bonds is 7. The Morgan fingerprint density at radius 2 is 1.93 bits per heavy atom. The molecule has 1 aromatic heterocycles. The number of piperidine rings is 1. The highest BCUT2D eigenvalue weighted by Gasteiger charge is 2.24. The average Bonchev–Trinajstić information content (AvgIpc) is 3.29. The first-order valence-corrected chi connectivity index (χ1v) is 9.64. The smallest absolute Gasteiger partial charge is 0.213 e. The molecule has 1 aliphatic rings. The molecule has 6 nitrogen and oxygen atoms in total. The number of nitrogens with zero attached hydrogens (tertiary/aromatic N) is 3. The zero-order valence-electron chi connectivity index (χ0n) is 16.1. The van der Waals surface area contributed by atoms with Crippen molar-refractivity contribution in [1.29, 1.82) is 0 Å². The molecule has 0 atom stereocenters. The van der Waals surface area contributed by atoms with Crippen LogP contribution in [-0.4, -0.2) is 35.2 Å². The second kappa shape index (κ2) is 8.89. The van der Waals surface area contributed by atoms with Crippen molar-refractivity contribution in [2.24, 2.45) is 0 Å². The van der Waals surface area contributed by atoms with Gasteiger partial charge in [0.05, 0.1) is 7.11 Å². The Hall–Kier alpha value is -2.86. The number of benzene rings is 2. The van der Waals surface area contributed by atoms with Crippen LogP contribution in [0.3, 0.4) is 0 Å². The molecule has 1 saturated heterocycles. The summed E-state index contributed by atoms with van der Waals surface area (Å²) in [5.41, 5.74) is 2.32. The van der Waals surface area contributed by atoms with Crippen molar-refractivity contribution in [2.45, 2.75) is 31.9 Å². The van der Waals surface area contributed by atoms with Gasteiger partial charge in [0.15, 0.2) is 5.82 Å². The van der Waals surface area contributed by atoms with Crippen LogP contribution in [0.2, 0.25) is 0 Å². The van der Waals surface area contributed by atoms with Crippen LogP contribution in [0.4, 0.5) is 0 Å². The van der Waals surface area contributed by atoms with E-state index in [-0.39, 0.29) is 0 Å². The summed E-state index contributed by atoms with van der Waals surface area (Å²) in [6.45, 7) is 3.43. The van der Waals surface area contributed by atoms with Crippen molar-refractivity contribution in [1.82, 2.24) is 15.0 Å². The lowest BCUT2D eigenvalue weighted by Gasteiger charge is -2.30. The van der Waals surface area contributed by atoms with Crippen LogP contribution in [0.25, 0.3) is 0 Å². The van der Waals surface area contributed by atoms with E-state index in [0.717, 1.165) is 55.4 Å². The monoisotopic (exact) mass is 379 g/mol. The fraction of sp³-hybridized carbons (Fsp3) is 0.364. The third-order valence-corrected chi connectivity index (χ3v) is 5.23. The first-order valence-electron chi connectivity index (χ1n) is 9.64. The maximum atomic E-state index is 5.92. The standard InChI is InChI=1S/C22H25N3O3/c1-26-21-13-20(27-15-17-5-3-2-4-6-17)8-7-19(21)14-25-11-9-18(10-12-25)22-23-16-28-24-22/h2-8,13,16,18H,9-12,14-15H2,1H3. The third-order valence-electron chi connectivity index (χ3n) is 5.23. The first-order chi connectivity index (χ1) is 13.8. The van der Waals surface area contributed by atoms with Crippen LogP contribution in [0.5, 0.6) is 11.5 Å². The molecule has 1 aliphatic heterocycles. The van der Waals surface area contributed by atoms with Crippen LogP contribution in [-0.2, 0) is 13.2 Å². The molecule has 0 amide bonds. The molecular weight excluding hydrogens is 354 g/mol. The maximum Gasteiger partial charge on any atom is 0.213 e. The molecule has 4 rings (SSSR count). The van der Waals surface area contributed by atoms with Gasteiger partial charge in [-0.15, -0.1) is 0 Å². The van der Waals surface area contributed by atoms with Gasteiger partial charge in [-0.1, -0.05) is 41.6 Å². The van der Waals surface area contributed by atoms with Gasteiger partial charge in [-0.05, 0) is 37.6 Å². The summed E-state index contributed by atoms with van der Waals surface area (Å²) in [5, 5.41) is 3.99. The van der Waals surface area contributed by atoms with Gasteiger partial charge in [-0.2, -0.15) is 4.98 Å². The molecule has 1 fully saturated rings. The average molecular weight is 379 g/mol. The van der Waals surface area contributed by atoms with Crippen molar-refractivity contribution in [3.63, 3.8) is 0 Å². The topological polar surface area (TPSA) is 60.6 Å². The van der Waals surface area contributed by atoms with Crippen molar-refractivity contribution in [3.8, 4) is 11.5 Å². The Labute approximate surface area is 165 Å². The van der Waals surface area contributed by atoms with Crippen LogP contribution >= 0.6 is 0 Å². The molecule has 6 heteroatoms. The van der Waals surface area contributed by atoms with E-state index in [1.807, 2.05) is 30.3 Å². The van der Waals surface area contributed by atoms with Gasteiger partial charge in [-0.3, -0.25) is 4.90 Å². The molecule has 0 N–H and O–H groups in total. The molecule has 0 saturated carbocycles. The van der Waals surface area contributed by atoms with E-state index in [2.05, 4.69) is 33.2 Å². The van der Waals surface area contributed by atoms with Gasteiger partial charge in [0.1, 0.15) is 18.1 Å². The first kappa shape index (κ1) is 18.5. The molecular formula is C22H25N3O3. The Kier molecular flexibility index (Phi) is 5.87. The van der Waals surface area contributed by atoms with Crippen LogP contribution in [0, 0.1) is 0 Å². The van der Waals surface area contributed by atoms with E-state index >= 15 is 0 Å². The summed E-state index contributed by atoms with van der Waals surface area (Å²) in [6, 6.07) is 16.3. The lowest BCUT2D eigenvalue weighted by atomic mass is 9.96. The summed E-state index contributed by atoms with van der Waals surface area (Å²) in [4.78, 5) is 6.64. The minimum absolute atomic E-state index is 0.394. The molecule has 2 aromatic carbocycles. The van der Waals surface area contributed by atoms with Gasteiger partial charge < -0.3 is 14.0 Å². The lowest BCUT2D eigenvalue weighted by molar-refractivity contribution is 0.198. The molecule has 0 unspecified atom stereocenters. The largest absolute Gasteiger partial charge is 0.496 e. The minimum atomic E-state index is 0.394. The normalized spacial score (nSPS) is 15.5. The maximum absolute atomic E-state index is 5.92. The van der Waals surface area contributed by atoms with E-state index in [1.165, 1.54) is 12.0 Å². The molecule has 0 bridgehead atoms. The summed E-state index contributed by atoms with van der Waals surface area (Å²) in [6.07, 6.45) is 3.49. The SMILES string of the molecule is COc1cc(OCc2ccccc2)ccc1CN1CCC(c2ncon2)CC1. The van der Waals surface area contributed by atoms with Crippen LogP contribution in [0.1, 0.15) is 35.7 Å². The summed E-state index contributed by atoms with van der Waals surface area (Å²) in [5.74, 6) is 2.91. The van der Waals surface area contributed by atoms with Crippen molar-refractivity contribution in [2.75, 3.05) is 20.2 Å². The second-order valence-corrected chi connectivity index (χ2v) is 7.09. The molecule has 0 spiro atoms. The van der Waals surface area contributed by atoms with Gasteiger partial charge in [0.25, 0.3) is 0 Å². The Balaban J connectivity index is 1.34. The molecule has 0 radical (unpaired) electrons. The van der Waals surface area contributed by atoms with Crippen molar-refractivity contribution < 1.29 is 14.0 Å². The minimum Gasteiger partial charge on any atom is -0.496 e. The van der Waals surface area contributed by atoms with Crippen molar-refractivity contribution >= 4 is 0 Å². The third kappa shape index (κ3) is 4.51. The summed E-state index contributed by atoms with van der Waals surface area (Å²) < 4.78 is 16.4. The number of hydrogen-bond donors (Lipinski definition) is 0. The van der Waals surface area contributed by atoms with E-state index in [4.69, 9.17) is 14.0 Å². The summed E-state index contributed by atoms with van der Waals surface area (Å²) >= 11 is 0. The van der Waals surface area contributed by atoms with Gasteiger partial charge >= 0.3 is 0 Å². The molecule has 146 valence electrons. The predicted molar refractivity (Wildman–Crippen MR) is 105 cm³/mol. The number of methoxy groups -OCH3 is 1. The Morgan fingerprint density at radius 3 is 2.64 bits per heavy atom. The van der Waals surface area contributed by atoms with E-state index in [1.54, 1.807) is 7.11 Å². The molecule has 28 heavy (non-hydrogen) atoms. The lowest BCUT2D eigenvalue weighted by Crippen LogP contribution is -2.32. The fourth-order valence-electron chi connectivity index (χ4n) is 3.64. The Morgan fingerprint density at radius 1 is 1.11 bits per heavy atom. The highest BCUT2D eigenvalue weighted by atomic mass is 16.5. The quantitative estimate of drug-likeness (QED) is 0.617. The van der Waals surface area contributed by atoms with Crippen LogP contribution < -0.4 is 9.47 Å². The number of aromatic nitrogens is 2. The summed E-state index contributed by atoms with van der Waals surface area (Å²) in [7, 11) is 1.71. The van der Waals surface area contributed by atoms with Crippen LogP contribution in [0.15, 0.2) is 59.4 Å². The zero-order chi connectivity index (χ0) is 19.2. The second-order valence-electron chi connectivity index (χ2n) is 7.09. The highest BCUT2D eigenvalue weighted by Crippen LogP contribution is 2.30. The van der Waals surface area contributed by atoms with E-state index < -0.39 is 0 Å². The Bertz CT molecular complexity index is 860. The zero-order valence-corrected chi connectivity index (χ0v) is 16.1. The van der Waals surface area contributed by atoms with Crippen molar-refractivity contribution in [3.05, 3.63) is 71.9 Å². The van der Waals surface area contributed by atoms with E-state index in [0.29, 0.717) is 12.5 Å². The molecule has 0 aliphatic carbocycles.